The Morgan fingerprint density at radius 1 is 1.31 bits per heavy atom. The van der Waals surface area contributed by atoms with Crippen molar-refractivity contribution in [2.24, 2.45) is 0 Å². The number of ketones is 1. The quantitative estimate of drug-likeness (QED) is 0.242. The SMILES string of the molecule is CNS(=O)(=O)O[C@@H]1C[C@H](Nc2ncncc2C(=O)c2cc(C)n(Cc3cccc(I)c3)n2)C[C@@H]1O. The molecule has 1 aliphatic rings. The normalized spacial score (nSPS) is 20.2. The standard InChI is InChI=1S/C22H25IN6O5S/c1-13-6-18(28-29(13)11-14-4-3-5-15(23)7-14)21(31)17-10-25-12-26-22(17)27-16-8-19(30)20(9-16)34-35(32,33)24-2/h3-7,10,12,16,19-20,24,30H,8-9,11H2,1-2H3,(H,25,26,27)/t16-,19+,20-/m1/s1. The second kappa shape index (κ2) is 10.7. The van der Waals surface area contributed by atoms with Crippen LogP contribution >= 0.6 is 22.6 Å². The lowest BCUT2D eigenvalue weighted by Crippen LogP contribution is -2.31. The molecule has 35 heavy (non-hydrogen) atoms. The number of carbonyl (C=O) groups excluding carboxylic acids is 1. The van der Waals surface area contributed by atoms with E-state index in [1.807, 2.05) is 25.1 Å². The topological polar surface area (TPSA) is 148 Å². The number of carbonyl (C=O) groups is 1. The van der Waals surface area contributed by atoms with E-state index in [0.717, 1.165) is 14.8 Å². The number of anilines is 1. The van der Waals surface area contributed by atoms with Gasteiger partial charge in [-0.2, -0.15) is 18.2 Å². The van der Waals surface area contributed by atoms with E-state index < -0.39 is 22.5 Å². The number of hydrogen-bond acceptors (Lipinski definition) is 9. The average Bonchev–Trinajstić information content (AvgIpc) is 3.35. The Morgan fingerprint density at radius 3 is 2.86 bits per heavy atom. The maximum absolute atomic E-state index is 13.3. The molecule has 1 aliphatic carbocycles. The van der Waals surface area contributed by atoms with Crippen LogP contribution < -0.4 is 10.0 Å². The van der Waals surface area contributed by atoms with E-state index in [1.165, 1.54) is 19.6 Å². The highest BCUT2D eigenvalue weighted by molar-refractivity contribution is 14.1. The summed E-state index contributed by atoms with van der Waals surface area (Å²) in [6.07, 6.45) is 1.26. The monoisotopic (exact) mass is 612 g/mol. The van der Waals surface area contributed by atoms with Gasteiger partial charge in [0.25, 0.3) is 0 Å². The molecule has 4 rings (SSSR count). The van der Waals surface area contributed by atoms with Crippen LogP contribution in [0.25, 0.3) is 0 Å². The number of aromatic nitrogens is 4. The third kappa shape index (κ3) is 6.22. The van der Waals surface area contributed by atoms with Crippen LogP contribution in [0.3, 0.4) is 0 Å². The van der Waals surface area contributed by atoms with Gasteiger partial charge in [0.15, 0.2) is 0 Å². The van der Waals surface area contributed by atoms with Crippen molar-refractivity contribution in [1.29, 1.82) is 0 Å². The Labute approximate surface area is 216 Å². The average molecular weight is 612 g/mol. The van der Waals surface area contributed by atoms with Crippen LogP contribution in [-0.4, -0.2) is 64.4 Å². The molecule has 0 saturated heterocycles. The zero-order chi connectivity index (χ0) is 25.2. The summed E-state index contributed by atoms with van der Waals surface area (Å²) in [6, 6.07) is 9.42. The van der Waals surface area contributed by atoms with E-state index >= 15 is 0 Å². The molecule has 0 radical (unpaired) electrons. The molecule has 3 aromatic rings. The summed E-state index contributed by atoms with van der Waals surface area (Å²) in [7, 11) is -2.71. The van der Waals surface area contributed by atoms with Crippen LogP contribution in [0.15, 0.2) is 42.9 Å². The van der Waals surface area contributed by atoms with Gasteiger partial charge < -0.3 is 10.4 Å². The number of nitrogens with one attached hydrogen (secondary N) is 2. The van der Waals surface area contributed by atoms with E-state index in [-0.39, 0.29) is 41.7 Å². The van der Waals surface area contributed by atoms with Gasteiger partial charge in [-0.1, -0.05) is 12.1 Å². The molecule has 3 atom stereocenters. The van der Waals surface area contributed by atoms with Crippen molar-refractivity contribution in [2.75, 3.05) is 12.4 Å². The van der Waals surface area contributed by atoms with Crippen molar-refractivity contribution in [3.8, 4) is 0 Å². The van der Waals surface area contributed by atoms with Gasteiger partial charge in [-0.3, -0.25) is 13.7 Å². The molecule has 0 aliphatic heterocycles. The van der Waals surface area contributed by atoms with Gasteiger partial charge >= 0.3 is 10.3 Å². The number of aryl methyl sites for hydroxylation is 1. The van der Waals surface area contributed by atoms with E-state index in [2.05, 4.69) is 53.8 Å². The second-order valence-electron chi connectivity index (χ2n) is 8.25. The number of benzene rings is 1. The second-order valence-corrected chi connectivity index (χ2v) is 11.0. The Bertz CT molecular complexity index is 1330. The number of rotatable bonds is 9. The molecule has 2 heterocycles. The molecular formula is C22H25IN6O5S. The molecular weight excluding hydrogens is 587 g/mol. The van der Waals surface area contributed by atoms with Crippen LogP contribution in [0.4, 0.5) is 5.82 Å². The lowest BCUT2D eigenvalue weighted by molar-refractivity contribution is 0.0636. The highest BCUT2D eigenvalue weighted by atomic mass is 127. The maximum atomic E-state index is 13.3. The fourth-order valence-electron chi connectivity index (χ4n) is 3.94. The van der Waals surface area contributed by atoms with E-state index in [1.54, 1.807) is 10.7 Å². The lowest BCUT2D eigenvalue weighted by atomic mass is 10.1. The lowest BCUT2D eigenvalue weighted by Gasteiger charge is -2.15. The van der Waals surface area contributed by atoms with Crippen LogP contribution in [-0.2, 0) is 21.0 Å². The highest BCUT2D eigenvalue weighted by Crippen LogP contribution is 2.28. The molecule has 0 spiro atoms. The predicted molar refractivity (Wildman–Crippen MR) is 136 cm³/mol. The minimum atomic E-state index is -3.95. The van der Waals surface area contributed by atoms with Gasteiger partial charge in [0.2, 0.25) is 5.78 Å². The summed E-state index contributed by atoms with van der Waals surface area (Å²) in [5.41, 5.74) is 2.40. The van der Waals surface area contributed by atoms with Crippen molar-refractivity contribution < 1.29 is 22.5 Å². The van der Waals surface area contributed by atoms with Gasteiger partial charge in [-0.25, -0.2) is 9.97 Å². The van der Waals surface area contributed by atoms with Crippen molar-refractivity contribution in [3.05, 3.63) is 68.9 Å². The molecule has 3 N–H and O–H groups in total. The van der Waals surface area contributed by atoms with Gasteiger partial charge in [-0.05, 0) is 66.1 Å². The van der Waals surface area contributed by atoms with Crippen LogP contribution in [0.5, 0.6) is 0 Å². The summed E-state index contributed by atoms with van der Waals surface area (Å²) in [6.45, 7) is 2.42. The minimum Gasteiger partial charge on any atom is -0.390 e. The zero-order valence-electron chi connectivity index (χ0n) is 19.1. The van der Waals surface area contributed by atoms with Crippen LogP contribution in [0.1, 0.15) is 40.2 Å². The Balaban J connectivity index is 1.50. The summed E-state index contributed by atoms with van der Waals surface area (Å²) in [4.78, 5) is 21.5. The third-order valence-corrected chi connectivity index (χ3v) is 7.38. The van der Waals surface area contributed by atoms with Gasteiger partial charge in [0.1, 0.15) is 23.9 Å². The molecule has 1 aromatic carbocycles. The first kappa shape index (κ1) is 25.6. The third-order valence-electron chi connectivity index (χ3n) is 5.71. The fraction of sp³-hybridized carbons (Fsp3) is 0.364. The Kier molecular flexibility index (Phi) is 7.80. The first-order valence-corrected chi connectivity index (χ1v) is 13.3. The molecule has 13 heteroatoms. The van der Waals surface area contributed by atoms with Crippen molar-refractivity contribution in [2.45, 2.75) is 44.6 Å². The predicted octanol–water partition coefficient (Wildman–Crippen LogP) is 1.65. The van der Waals surface area contributed by atoms with Crippen molar-refractivity contribution >= 4 is 44.5 Å². The molecule has 0 unspecified atom stereocenters. The van der Waals surface area contributed by atoms with Gasteiger partial charge in [0.05, 0.1) is 18.2 Å². The minimum absolute atomic E-state index is 0.212. The zero-order valence-corrected chi connectivity index (χ0v) is 22.0. The summed E-state index contributed by atoms with van der Waals surface area (Å²) < 4.78 is 33.3. The number of halogens is 1. The number of aliphatic hydroxyl groups excluding tert-OH is 1. The molecule has 11 nitrogen and oxygen atoms in total. The van der Waals surface area contributed by atoms with Crippen LogP contribution in [0.2, 0.25) is 0 Å². The van der Waals surface area contributed by atoms with Crippen molar-refractivity contribution in [1.82, 2.24) is 24.5 Å². The molecule has 2 aromatic heterocycles. The fourth-order valence-corrected chi connectivity index (χ4v) is 5.18. The first-order valence-electron chi connectivity index (χ1n) is 10.8. The van der Waals surface area contributed by atoms with Gasteiger partial charge in [0, 0.05) is 28.6 Å². The summed E-state index contributed by atoms with van der Waals surface area (Å²) in [5.74, 6) is -0.0640. The van der Waals surface area contributed by atoms with Gasteiger partial charge in [-0.15, -0.1) is 0 Å². The Hall–Kier alpha value is -2.46. The number of aliphatic hydroxyl groups is 1. The van der Waals surface area contributed by atoms with E-state index in [0.29, 0.717) is 6.54 Å². The first-order chi connectivity index (χ1) is 16.6. The summed E-state index contributed by atoms with van der Waals surface area (Å²) in [5, 5.41) is 17.9. The highest BCUT2D eigenvalue weighted by Gasteiger charge is 2.37. The van der Waals surface area contributed by atoms with Crippen molar-refractivity contribution in [3.63, 3.8) is 0 Å². The molecule has 1 fully saturated rings. The number of hydrogen-bond donors (Lipinski definition) is 3. The Morgan fingerprint density at radius 2 is 2.11 bits per heavy atom. The number of nitrogens with zero attached hydrogens (tertiary/aromatic N) is 4. The molecule has 0 bridgehead atoms. The maximum Gasteiger partial charge on any atom is 0.335 e. The smallest absolute Gasteiger partial charge is 0.335 e. The van der Waals surface area contributed by atoms with E-state index in [9.17, 15) is 18.3 Å². The molecule has 0 amide bonds. The largest absolute Gasteiger partial charge is 0.390 e. The van der Waals surface area contributed by atoms with E-state index in [4.69, 9.17) is 4.18 Å². The summed E-state index contributed by atoms with van der Waals surface area (Å²) >= 11 is 2.25. The molecule has 1 saturated carbocycles. The molecule has 186 valence electrons. The van der Waals surface area contributed by atoms with Crippen LogP contribution in [0, 0.1) is 10.5 Å².